The van der Waals surface area contributed by atoms with E-state index in [1.807, 2.05) is 22.7 Å². The fourth-order valence-corrected chi connectivity index (χ4v) is 12.3. The van der Waals surface area contributed by atoms with Crippen molar-refractivity contribution in [2.75, 3.05) is 4.90 Å². The van der Waals surface area contributed by atoms with Gasteiger partial charge < -0.3 is 9.32 Å². The third-order valence-corrected chi connectivity index (χ3v) is 15.1. The Bertz CT molecular complexity index is 3890. The summed E-state index contributed by atoms with van der Waals surface area (Å²) in [5, 5.41) is 7.17. The van der Waals surface area contributed by atoms with Crippen molar-refractivity contribution in [1.29, 1.82) is 0 Å². The molecule has 0 unspecified atom stereocenters. The molecule has 0 N–H and O–H groups in total. The van der Waals surface area contributed by atoms with Crippen LogP contribution in [-0.2, 0) is 0 Å². The molecule has 300 valence electrons. The molecule has 13 aromatic rings. The van der Waals surface area contributed by atoms with Gasteiger partial charge >= 0.3 is 0 Å². The lowest BCUT2D eigenvalue weighted by Crippen LogP contribution is -2.10. The van der Waals surface area contributed by atoms with Crippen LogP contribution < -0.4 is 4.90 Å². The molecule has 3 aromatic heterocycles. The molecule has 0 saturated carbocycles. The predicted molar refractivity (Wildman–Crippen MR) is 276 cm³/mol. The molecule has 0 aliphatic rings. The standard InChI is InChI=1S/C60H37NOS2/c1-5-16-38(17-6-1)42-28-30-49-55(36-42)64-60-46(41-22-11-4-12-23-41)33-34-51(57(49)60)61(52-26-15-25-48-47-24-13-14-27-53(47)62-58(48)52)43-29-35-54-50(37-43)56-44(39-18-7-2-8-19-39)31-32-45(59(56)63-54)40-20-9-3-10-21-40/h1-37H. The van der Waals surface area contributed by atoms with E-state index in [2.05, 4.69) is 229 Å². The lowest BCUT2D eigenvalue weighted by molar-refractivity contribution is 0.669. The lowest BCUT2D eigenvalue weighted by Gasteiger charge is -2.27. The topological polar surface area (TPSA) is 16.4 Å². The molecular weight excluding hydrogens is 815 g/mol. The van der Waals surface area contributed by atoms with Crippen molar-refractivity contribution in [3.63, 3.8) is 0 Å². The Kier molecular flexibility index (Phi) is 8.61. The molecule has 3 heterocycles. The molecule has 0 spiro atoms. The summed E-state index contributed by atoms with van der Waals surface area (Å²) >= 11 is 3.76. The molecule has 13 rings (SSSR count). The summed E-state index contributed by atoms with van der Waals surface area (Å²) in [6.07, 6.45) is 0. The fraction of sp³-hybridized carbons (Fsp3) is 0. The molecule has 0 atom stereocenters. The maximum atomic E-state index is 6.89. The Labute approximate surface area is 378 Å². The Morgan fingerprint density at radius 2 is 0.906 bits per heavy atom. The van der Waals surface area contributed by atoms with E-state index in [0.717, 1.165) is 39.0 Å². The second kappa shape index (κ2) is 15.0. The van der Waals surface area contributed by atoms with Crippen LogP contribution in [0.2, 0.25) is 0 Å². The molecule has 10 aromatic carbocycles. The van der Waals surface area contributed by atoms with Crippen LogP contribution in [0.4, 0.5) is 17.1 Å². The highest BCUT2D eigenvalue weighted by Gasteiger charge is 2.26. The number of thiophene rings is 2. The van der Waals surface area contributed by atoms with E-state index in [1.165, 1.54) is 84.9 Å². The monoisotopic (exact) mass is 851 g/mol. The third kappa shape index (κ3) is 5.91. The number of benzene rings is 10. The van der Waals surface area contributed by atoms with E-state index in [0.29, 0.717) is 0 Å². The van der Waals surface area contributed by atoms with Crippen LogP contribution >= 0.6 is 22.7 Å². The lowest BCUT2D eigenvalue weighted by atomic mass is 9.94. The van der Waals surface area contributed by atoms with E-state index in [4.69, 9.17) is 4.42 Å². The predicted octanol–water partition coefficient (Wildman–Crippen LogP) is 18.5. The van der Waals surface area contributed by atoms with Crippen LogP contribution in [0.25, 0.3) is 107 Å². The summed E-state index contributed by atoms with van der Waals surface area (Å²) in [5.74, 6) is 0. The van der Waals surface area contributed by atoms with Gasteiger partial charge in [-0.1, -0.05) is 182 Å². The second-order valence-electron chi connectivity index (χ2n) is 16.3. The van der Waals surface area contributed by atoms with Crippen LogP contribution in [0.1, 0.15) is 0 Å². The van der Waals surface area contributed by atoms with Gasteiger partial charge in [-0.15, -0.1) is 22.7 Å². The highest BCUT2D eigenvalue weighted by molar-refractivity contribution is 7.27. The van der Waals surface area contributed by atoms with E-state index in [9.17, 15) is 0 Å². The minimum atomic E-state index is 0.862. The summed E-state index contributed by atoms with van der Waals surface area (Å²) in [4.78, 5) is 2.46. The molecule has 0 aliphatic heterocycles. The highest BCUT2D eigenvalue weighted by Crippen LogP contribution is 2.52. The van der Waals surface area contributed by atoms with Crippen molar-refractivity contribution < 1.29 is 4.42 Å². The van der Waals surface area contributed by atoms with Crippen LogP contribution in [0.5, 0.6) is 0 Å². The van der Waals surface area contributed by atoms with E-state index in [1.54, 1.807) is 0 Å². The Morgan fingerprint density at radius 3 is 1.62 bits per heavy atom. The number of anilines is 3. The zero-order valence-corrected chi connectivity index (χ0v) is 36.2. The van der Waals surface area contributed by atoms with Crippen molar-refractivity contribution in [2.45, 2.75) is 0 Å². The SMILES string of the molecule is c1ccc(-c2ccc3c(c2)sc2c(-c4ccccc4)ccc(N(c4ccc5sc6c(-c7ccccc7)ccc(-c7ccccc7)c6c5c4)c4cccc5c4oc4ccccc45)c23)cc1. The minimum Gasteiger partial charge on any atom is -0.454 e. The van der Waals surface area contributed by atoms with Crippen molar-refractivity contribution in [1.82, 2.24) is 0 Å². The van der Waals surface area contributed by atoms with Crippen LogP contribution in [0, 0.1) is 0 Å². The first-order valence-electron chi connectivity index (χ1n) is 21.7. The zero-order valence-electron chi connectivity index (χ0n) is 34.5. The van der Waals surface area contributed by atoms with Gasteiger partial charge in [-0.05, 0) is 87.0 Å². The number of fused-ring (bicyclic) bond motifs is 9. The number of hydrogen-bond donors (Lipinski definition) is 0. The summed E-state index contributed by atoms with van der Waals surface area (Å²) in [6, 6.07) is 81.5. The number of rotatable bonds is 7. The number of para-hydroxylation sites is 2. The largest absolute Gasteiger partial charge is 0.454 e. The van der Waals surface area contributed by atoms with Gasteiger partial charge in [-0.3, -0.25) is 0 Å². The average molecular weight is 852 g/mol. The molecule has 2 nitrogen and oxygen atoms in total. The van der Waals surface area contributed by atoms with E-state index >= 15 is 0 Å². The van der Waals surface area contributed by atoms with Gasteiger partial charge in [0.25, 0.3) is 0 Å². The summed E-state index contributed by atoms with van der Waals surface area (Å²) in [6.45, 7) is 0. The van der Waals surface area contributed by atoms with Crippen molar-refractivity contribution >= 4 is 102 Å². The fourth-order valence-electron chi connectivity index (χ4n) is 9.73. The van der Waals surface area contributed by atoms with Crippen molar-refractivity contribution in [2.24, 2.45) is 0 Å². The minimum absolute atomic E-state index is 0.862. The molecule has 64 heavy (non-hydrogen) atoms. The Morgan fingerprint density at radius 1 is 0.328 bits per heavy atom. The van der Waals surface area contributed by atoms with Gasteiger partial charge in [-0.25, -0.2) is 0 Å². The molecule has 0 bridgehead atoms. The molecular formula is C60H37NOS2. The third-order valence-electron chi connectivity index (χ3n) is 12.7. The van der Waals surface area contributed by atoms with Gasteiger partial charge in [-0.2, -0.15) is 0 Å². The molecule has 0 saturated heterocycles. The molecule has 0 aliphatic carbocycles. The maximum Gasteiger partial charge on any atom is 0.159 e. The average Bonchev–Trinajstić information content (AvgIpc) is 4.07. The summed E-state index contributed by atoms with van der Waals surface area (Å²) in [5.41, 5.74) is 14.7. The van der Waals surface area contributed by atoms with E-state index < -0.39 is 0 Å². The van der Waals surface area contributed by atoms with Crippen LogP contribution in [-0.4, -0.2) is 0 Å². The first-order valence-corrected chi connectivity index (χ1v) is 23.3. The molecule has 4 heteroatoms. The van der Waals surface area contributed by atoms with Crippen LogP contribution in [0.15, 0.2) is 229 Å². The maximum absolute atomic E-state index is 6.89. The van der Waals surface area contributed by atoms with Gasteiger partial charge in [0.1, 0.15) is 5.58 Å². The Balaban J connectivity index is 1.13. The smallest absolute Gasteiger partial charge is 0.159 e. The molecule has 0 radical (unpaired) electrons. The number of nitrogens with zero attached hydrogens (tertiary/aromatic N) is 1. The van der Waals surface area contributed by atoms with Crippen LogP contribution in [0.3, 0.4) is 0 Å². The quantitative estimate of drug-likeness (QED) is 0.159. The number of hydrogen-bond acceptors (Lipinski definition) is 4. The molecule has 0 amide bonds. The zero-order chi connectivity index (χ0) is 42.1. The van der Waals surface area contributed by atoms with Gasteiger partial charge in [0.05, 0.1) is 11.4 Å². The first kappa shape index (κ1) is 36.9. The van der Waals surface area contributed by atoms with E-state index in [-0.39, 0.29) is 0 Å². The first-order chi connectivity index (χ1) is 31.7. The highest BCUT2D eigenvalue weighted by atomic mass is 32.1. The second-order valence-corrected chi connectivity index (χ2v) is 18.5. The number of furan rings is 1. The van der Waals surface area contributed by atoms with Crippen molar-refractivity contribution in [3.05, 3.63) is 224 Å². The molecule has 0 fully saturated rings. The van der Waals surface area contributed by atoms with Gasteiger partial charge in [0.15, 0.2) is 5.58 Å². The van der Waals surface area contributed by atoms with Gasteiger partial charge in [0, 0.05) is 56.8 Å². The normalized spacial score (nSPS) is 11.8. The van der Waals surface area contributed by atoms with Gasteiger partial charge in [0.2, 0.25) is 0 Å². The van der Waals surface area contributed by atoms with Crippen molar-refractivity contribution in [3.8, 4) is 44.5 Å². The summed E-state index contributed by atoms with van der Waals surface area (Å²) < 4.78 is 11.9. The Hall–Kier alpha value is -7.76. The summed E-state index contributed by atoms with van der Waals surface area (Å²) in [7, 11) is 0.